The number of aromatic nitrogens is 1. The number of carbonyl (C=O) groups excluding carboxylic acids is 1. The van der Waals surface area contributed by atoms with E-state index < -0.39 is 0 Å². The van der Waals surface area contributed by atoms with Crippen LogP contribution in [0.1, 0.15) is 23.0 Å². The molecule has 0 fully saturated rings. The molecule has 1 aromatic rings. The van der Waals surface area contributed by atoms with Crippen LogP contribution in [0.2, 0.25) is 5.15 Å². The predicted molar refractivity (Wildman–Crippen MR) is 52.0 cm³/mol. The molecule has 0 bridgehead atoms. The van der Waals surface area contributed by atoms with Gasteiger partial charge in [-0.2, -0.15) is 0 Å². The topological polar surface area (TPSA) is 42.0 Å². The van der Waals surface area contributed by atoms with Gasteiger partial charge in [-0.25, -0.2) is 4.98 Å². The van der Waals surface area contributed by atoms with Crippen molar-refractivity contribution in [1.82, 2.24) is 10.3 Å². The molecule has 0 spiro atoms. The van der Waals surface area contributed by atoms with E-state index in [9.17, 15) is 4.79 Å². The molecule has 13 heavy (non-hydrogen) atoms. The third-order valence-corrected chi connectivity index (χ3v) is 1.89. The van der Waals surface area contributed by atoms with Crippen molar-refractivity contribution < 1.29 is 4.79 Å². The molecular formula is C9H11ClN2O. The molecule has 3 nitrogen and oxygen atoms in total. The van der Waals surface area contributed by atoms with E-state index in [1.165, 1.54) is 0 Å². The molecule has 1 N–H and O–H groups in total. The Morgan fingerprint density at radius 3 is 2.85 bits per heavy atom. The molecule has 0 unspecified atom stereocenters. The van der Waals surface area contributed by atoms with E-state index in [-0.39, 0.29) is 5.91 Å². The Morgan fingerprint density at radius 2 is 2.31 bits per heavy atom. The Kier molecular flexibility index (Phi) is 3.25. The standard InChI is InChI=1S/C9H11ClN2O/c1-3-7-4-6(9(13)11-2)5-8(10)12-7/h4-5H,3H2,1-2H3,(H,11,13). The van der Waals surface area contributed by atoms with Gasteiger partial charge in [0.1, 0.15) is 5.15 Å². The first-order chi connectivity index (χ1) is 6.17. The van der Waals surface area contributed by atoms with Gasteiger partial charge >= 0.3 is 0 Å². The molecule has 0 aliphatic rings. The number of nitrogens with zero attached hydrogens (tertiary/aromatic N) is 1. The van der Waals surface area contributed by atoms with Crippen molar-refractivity contribution >= 4 is 17.5 Å². The van der Waals surface area contributed by atoms with Crippen LogP contribution >= 0.6 is 11.6 Å². The number of nitrogens with one attached hydrogen (secondary N) is 1. The van der Waals surface area contributed by atoms with Gasteiger partial charge in [-0.15, -0.1) is 0 Å². The van der Waals surface area contributed by atoms with Crippen molar-refractivity contribution in [2.45, 2.75) is 13.3 Å². The summed E-state index contributed by atoms with van der Waals surface area (Å²) < 4.78 is 0. The minimum absolute atomic E-state index is 0.140. The molecule has 0 radical (unpaired) electrons. The normalized spacial score (nSPS) is 9.77. The Balaban J connectivity index is 3.08. The van der Waals surface area contributed by atoms with Gasteiger partial charge < -0.3 is 5.32 Å². The maximum absolute atomic E-state index is 11.2. The first kappa shape index (κ1) is 9.99. The zero-order chi connectivity index (χ0) is 9.84. The summed E-state index contributed by atoms with van der Waals surface area (Å²) in [5.41, 5.74) is 1.38. The lowest BCUT2D eigenvalue weighted by molar-refractivity contribution is 0.0963. The highest BCUT2D eigenvalue weighted by Crippen LogP contribution is 2.11. The van der Waals surface area contributed by atoms with E-state index in [1.807, 2.05) is 6.92 Å². The summed E-state index contributed by atoms with van der Waals surface area (Å²) in [6, 6.07) is 3.30. The van der Waals surface area contributed by atoms with Crippen LogP contribution in [0.25, 0.3) is 0 Å². The molecule has 1 aromatic heterocycles. The Hall–Kier alpha value is -1.09. The number of hydrogen-bond acceptors (Lipinski definition) is 2. The van der Waals surface area contributed by atoms with Crippen molar-refractivity contribution in [3.63, 3.8) is 0 Å². The number of pyridine rings is 1. The largest absolute Gasteiger partial charge is 0.355 e. The van der Waals surface area contributed by atoms with Gasteiger partial charge in [0.15, 0.2) is 0 Å². The Morgan fingerprint density at radius 1 is 1.62 bits per heavy atom. The summed E-state index contributed by atoms with van der Waals surface area (Å²) in [5, 5.41) is 2.89. The summed E-state index contributed by atoms with van der Waals surface area (Å²) in [7, 11) is 1.59. The van der Waals surface area contributed by atoms with Crippen molar-refractivity contribution in [1.29, 1.82) is 0 Å². The van der Waals surface area contributed by atoms with Crippen molar-refractivity contribution in [2.24, 2.45) is 0 Å². The molecule has 1 heterocycles. The van der Waals surface area contributed by atoms with Crippen LogP contribution in [-0.4, -0.2) is 17.9 Å². The monoisotopic (exact) mass is 198 g/mol. The van der Waals surface area contributed by atoms with E-state index in [4.69, 9.17) is 11.6 Å². The van der Waals surface area contributed by atoms with Crippen LogP contribution in [0.4, 0.5) is 0 Å². The molecule has 0 aliphatic carbocycles. The number of aryl methyl sites for hydroxylation is 1. The van der Waals surface area contributed by atoms with E-state index in [0.717, 1.165) is 12.1 Å². The molecule has 1 amide bonds. The van der Waals surface area contributed by atoms with Gasteiger partial charge in [0.05, 0.1) is 0 Å². The SMILES string of the molecule is CCc1cc(C(=O)NC)cc(Cl)n1. The van der Waals surface area contributed by atoms with Gasteiger partial charge in [0, 0.05) is 18.3 Å². The van der Waals surface area contributed by atoms with Crippen LogP contribution < -0.4 is 5.32 Å². The van der Waals surface area contributed by atoms with Crippen LogP contribution in [-0.2, 0) is 6.42 Å². The fourth-order valence-electron chi connectivity index (χ4n) is 1.01. The zero-order valence-electron chi connectivity index (χ0n) is 7.60. The van der Waals surface area contributed by atoms with E-state index in [0.29, 0.717) is 10.7 Å². The molecule has 70 valence electrons. The van der Waals surface area contributed by atoms with Crippen molar-refractivity contribution in [2.75, 3.05) is 7.05 Å². The summed E-state index contributed by atoms with van der Waals surface area (Å²) in [5.74, 6) is -0.140. The number of hydrogen-bond donors (Lipinski definition) is 1. The van der Waals surface area contributed by atoms with Gasteiger partial charge in [-0.1, -0.05) is 18.5 Å². The lowest BCUT2D eigenvalue weighted by Crippen LogP contribution is -2.18. The van der Waals surface area contributed by atoms with Crippen molar-refractivity contribution in [3.05, 3.63) is 28.5 Å². The summed E-state index contributed by atoms with van der Waals surface area (Å²) in [6.45, 7) is 1.96. The quantitative estimate of drug-likeness (QED) is 0.735. The molecule has 0 saturated heterocycles. The summed E-state index contributed by atoms with van der Waals surface area (Å²) >= 11 is 5.74. The first-order valence-corrected chi connectivity index (χ1v) is 4.43. The summed E-state index contributed by atoms with van der Waals surface area (Å²) in [6.07, 6.45) is 0.768. The maximum atomic E-state index is 11.2. The third kappa shape index (κ3) is 2.42. The second-order valence-electron chi connectivity index (χ2n) is 2.60. The smallest absolute Gasteiger partial charge is 0.251 e. The Labute approximate surface area is 82.1 Å². The highest BCUT2D eigenvalue weighted by Gasteiger charge is 2.06. The molecule has 4 heteroatoms. The second-order valence-corrected chi connectivity index (χ2v) is 2.99. The zero-order valence-corrected chi connectivity index (χ0v) is 8.35. The minimum atomic E-state index is -0.140. The average molecular weight is 199 g/mol. The number of amides is 1. The summed E-state index contributed by atoms with van der Waals surface area (Å²) in [4.78, 5) is 15.3. The number of carbonyl (C=O) groups is 1. The van der Waals surface area contributed by atoms with Gasteiger partial charge in [-0.3, -0.25) is 4.79 Å². The van der Waals surface area contributed by atoms with Crippen LogP contribution in [0, 0.1) is 0 Å². The molecule has 0 saturated carbocycles. The molecule has 0 aromatic carbocycles. The van der Waals surface area contributed by atoms with Crippen molar-refractivity contribution in [3.8, 4) is 0 Å². The van der Waals surface area contributed by atoms with Crippen LogP contribution in [0.15, 0.2) is 12.1 Å². The lowest BCUT2D eigenvalue weighted by Gasteiger charge is -2.02. The van der Waals surface area contributed by atoms with Gasteiger partial charge in [-0.05, 0) is 18.6 Å². The lowest BCUT2D eigenvalue weighted by atomic mass is 10.2. The third-order valence-electron chi connectivity index (χ3n) is 1.70. The molecular weight excluding hydrogens is 188 g/mol. The van der Waals surface area contributed by atoms with E-state index in [1.54, 1.807) is 19.2 Å². The molecule has 0 aliphatic heterocycles. The van der Waals surface area contributed by atoms with Gasteiger partial charge in [0.2, 0.25) is 0 Å². The minimum Gasteiger partial charge on any atom is -0.355 e. The van der Waals surface area contributed by atoms with Crippen LogP contribution in [0.3, 0.4) is 0 Å². The average Bonchev–Trinajstić information content (AvgIpc) is 2.15. The first-order valence-electron chi connectivity index (χ1n) is 4.06. The highest BCUT2D eigenvalue weighted by molar-refractivity contribution is 6.29. The number of rotatable bonds is 2. The molecule has 0 atom stereocenters. The fourth-order valence-corrected chi connectivity index (χ4v) is 1.23. The van der Waals surface area contributed by atoms with Gasteiger partial charge in [0.25, 0.3) is 5.91 Å². The maximum Gasteiger partial charge on any atom is 0.251 e. The predicted octanol–water partition coefficient (Wildman–Crippen LogP) is 1.66. The van der Waals surface area contributed by atoms with E-state index in [2.05, 4.69) is 10.3 Å². The Bertz CT molecular complexity index is 325. The van der Waals surface area contributed by atoms with Crippen LogP contribution in [0.5, 0.6) is 0 Å². The highest BCUT2D eigenvalue weighted by atomic mass is 35.5. The number of halogens is 1. The fraction of sp³-hybridized carbons (Fsp3) is 0.333. The van der Waals surface area contributed by atoms with E-state index >= 15 is 0 Å². The second kappa shape index (κ2) is 4.23. The molecule has 1 rings (SSSR count).